The van der Waals surface area contributed by atoms with Gasteiger partial charge in [0, 0.05) is 11.3 Å². The van der Waals surface area contributed by atoms with Crippen molar-refractivity contribution in [1.29, 1.82) is 0 Å². The number of carbonyl (C=O) groups is 1. The Hall–Kier alpha value is -2.29. The van der Waals surface area contributed by atoms with Gasteiger partial charge in [-0.05, 0) is 60.7 Å². The summed E-state index contributed by atoms with van der Waals surface area (Å²) in [6.07, 6.45) is 2.08. The van der Waals surface area contributed by atoms with Crippen LogP contribution in [0.5, 0.6) is 5.75 Å². The van der Waals surface area contributed by atoms with Crippen LogP contribution in [-0.4, -0.2) is 12.5 Å². The van der Waals surface area contributed by atoms with Crippen LogP contribution in [0.1, 0.15) is 55.5 Å². The van der Waals surface area contributed by atoms with Gasteiger partial charge in [0.25, 0.3) is 5.91 Å². The second-order valence-electron chi connectivity index (χ2n) is 5.76. The molecule has 0 fully saturated rings. The molecule has 0 heterocycles. The van der Waals surface area contributed by atoms with Gasteiger partial charge in [-0.25, -0.2) is 0 Å². The molecule has 2 aromatic rings. The zero-order valence-corrected chi connectivity index (χ0v) is 14.1. The van der Waals surface area contributed by atoms with Gasteiger partial charge in [0.1, 0.15) is 5.75 Å². The van der Waals surface area contributed by atoms with Gasteiger partial charge in [0.15, 0.2) is 0 Å². The maximum absolute atomic E-state index is 12.3. The fourth-order valence-corrected chi connectivity index (χ4v) is 2.26. The van der Waals surface area contributed by atoms with Crippen molar-refractivity contribution in [1.82, 2.24) is 0 Å². The molecule has 0 bridgehead atoms. The average Bonchev–Trinajstić information content (AvgIpc) is 2.60. The van der Waals surface area contributed by atoms with E-state index in [1.54, 1.807) is 12.1 Å². The fourth-order valence-electron chi connectivity index (χ4n) is 2.26. The predicted octanol–water partition coefficient (Wildman–Crippen LogP) is 5.24. The van der Waals surface area contributed by atoms with E-state index in [-0.39, 0.29) is 5.91 Å². The molecule has 0 aliphatic rings. The number of nitrogens with one attached hydrogen (secondary N) is 1. The van der Waals surface area contributed by atoms with E-state index in [2.05, 4.69) is 38.2 Å². The Morgan fingerprint density at radius 1 is 1.04 bits per heavy atom. The first kappa shape index (κ1) is 17.1. The van der Waals surface area contributed by atoms with E-state index in [1.807, 2.05) is 24.3 Å². The number of hydrogen-bond donors (Lipinski definition) is 1. The lowest BCUT2D eigenvalue weighted by molar-refractivity contribution is 0.102. The minimum atomic E-state index is -0.108. The number of anilines is 1. The van der Waals surface area contributed by atoms with Gasteiger partial charge >= 0.3 is 0 Å². The molecule has 0 radical (unpaired) electrons. The lowest BCUT2D eigenvalue weighted by Gasteiger charge is -2.11. The molecule has 3 nitrogen and oxygen atoms in total. The van der Waals surface area contributed by atoms with Crippen LogP contribution in [0.3, 0.4) is 0 Å². The van der Waals surface area contributed by atoms with Crippen LogP contribution in [0.25, 0.3) is 0 Å². The summed E-state index contributed by atoms with van der Waals surface area (Å²) in [4.78, 5) is 12.3. The van der Waals surface area contributed by atoms with Crippen LogP contribution in [0.4, 0.5) is 5.69 Å². The molecule has 2 aromatic carbocycles. The highest BCUT2D eigenvalue weighted by Gasteiger charge is 2.07. The summed E-state index contributed by atoms with van der Waals surface area (Å²) >= 11 is 0. The molecule has 3 heteroatoms. The number of benzene rings is 2. The molecule has 1 N–H and O–H groups in total. The van der Waals surface area contributed by atoms with Gasteiger partial charge in [-0.15, -0.1) is 0 Å². The van der Waals surface area contributed by atoms with E-state index in [0.29, 0.717) is 18.1 Å². The Balaban J connectivity index is 1.98. The number of hydrogen-bond acceptors (Lipinski definition) is 2. The molecule has 23 heavy (non-hydrogen) atoms. The molecule has 0 saturated carbocycles. The van der Waals surface area contributed by atoms with Crippen LogP contribution < -0.4 is 10.1 Å². The van der Waals surface area contributed by atoms with E-state index in [1.165, 1.54) is 5.56 Å². The first-order valence-electron chi connectivity index (χ1n) is 8.28. The van der Waals surface area contributed by atoms with Crippen molar-refractivity contribution < 1.29 is 9.53 Å². The van der Waals surface area contributed by atoms with Crippen LogP contribution in [0, 0.1) is 0 Å². The summed E-state index contributed by atoms with van der Waals surface area (Å²) < 4.78 is 5.52. The number of amides is 1. The number of rotatable bonds is 7. The molecule has 1 atom stereocenters. The summed E-state index contributed by atoms with van der Waals surface area (Å²) in [7, 11) is 0. The molecule has 2 rings (SSSR count). The SMILES string of the molecule is CCCOc1ccc(C(=O)Nc2ccc([C@H](C)CC)cc2)cc1. The summed E-state index contributed by atoms with van der Waals surface area (Å²) in [5.74, 6) is 1.22. The highest BCUT2D eigenvalue weighted by atomic mass is 16.5. The summed E-state index contributed by atoms with van der Waals surface area (Å²) in [5, 5.41) is 2.93. The van der Waals surface area contributed by atoms with Gasteiger partial charge in [-0.1, -0.05) is 32.9 Å². The smallest absolute Gasteiger partial charge is 0.255 e. The van der Waals surface area contributed by atoms with Gasteiger partial charge in [-0.3, -0.25) is 4.79 Å². The molecule has 0 aromatic heterocycles. The maximum Gasteiger partial charge on any atom is 0.255 e. The lowest BCUT2D eigenvalue weighted by atomic mass is 9.98. The molecule has 0 unspecified atom stereocenters. The first-order valence-corrected chi connectivity index (χ1v) is 8.28. The topological polar surface area (TPSA) is 38.3 Å². The fraction of sp³-hybridized carbons (Fsp3) is 0.350. The van der Waals surface area contributed by atoms with Crippen LogP contribution in [-0.2, 0) is 0 Å². The minimum absolute atomic E-state index is 0.108. The van der Waals surface area contributed by atoms with E-state index < -0.39 is 0 Å². The quantitative estimate of drug-likeness (QED) is 0.759. The van der Waals surface area contributed by atoms with Gasteiger partial charge in [0.05, 0.1) is 6.61 Å². The van der Waals surface area contributed by atoms with Crippen LogP contribution >= 0.6 is 0 Å². The standard InChI is InChI=1S/C20H25NO2/c1-4-14-23-19-12-8-17(9-13-19)20(22)21-18-10-6-16(7-11-18)15(3)5-2/h6-13,15H,4-5,14H2,1-3H3,(H,21,22)/t15-/m1/s1. The largest absolute Gasteiger partial charge is 0.494 e. The Morgan fingerprint density at radius 2 is 1.70 bits per heavy atom. The van der Waals surface area contributed by atoms with Crippen molar-refractivity contribution in [2.45, 2.75) is 39.5 Å². The third kappa shape index (κ3) is 4.85. The van der Waals surface area contributed by atoms with Crippen molar-refractivity contribution in [3.05, 3.63) is 59.7 Å². The molecule has 1 amide bonds. The summed E-state index contributed by atoms with van der Waals surface area (Å²) in [5.41, 5.74) is 2.73. The summed E-state index contributed by atoms with van der Waals surface area (Å²) in [6.45, 7) is 7.13. The van der Waals surface area contributed by atoms with E-state index >= 15 is 0 Å². The van der Waals surface area contributed by atoms with Crippen LogP contribution in [0.15, 0.2) is 48.5 Å². The molecular formula is C20H25NO2. The van der Waals surface area contributed by atoms with Gasteiger partial charge in [-0.2, -0.15) is 0 Å². The van der Waals surface area contributed by atoms with E-state index in [0.717, 1.165) is 24.3 Å². The molecule has 0 aliphatic heterocycles. The van der Waals surface area contributed by atoms with Crippen molar-refractivity contribution >= 4 is 11.6 Å². The molecule has 0 aliphatic carbocycles. The Labute approximate surface area is 138 Å². The predicted molar refractivity (Wildman–Crippen MR) is 95.3 cm³/mol. The maximum atomic E-state index is 12.3. The highest BCUT2D eigenvalue weighted by molar-refractivity contribution is 6.04. The Morgan fingerprint density at radius 3 is 2.26 bits per heavy atom. The number of ether oxygens (including phenoxy) is 1. The van der Waals surface area contributed by atoms with Crippen molar-refractivity contribution in [3.8, 4) is 5.75 Å². The van der Waals surface area contributed by atoms with E-state index in [9.17, 15) is 4.79 Å². The van der Waals surface area contributed by atoms with Crippen molar-refractivity contribution in [2.75, 3.05) is 11.9 Å². The monoisotopic (exact) mass is 311 g/mol. The van der Waals surface area contributed by atoms with Crippen molar-refractivity contribution in [3.63, 3.8) is 0 Å². The van der Waals surface area contributed by atoms with E-state index in [4.69, 9.17) is 4.74 Å². The highest BCUT2D eigenvalue weighted by Crippen LogP contribution is 2.21. The van der Waals surface area contributed by atoms with Gasteiger partial charge < -0.3 is 10.1 Å². The Kier molecular flexibility index (Phi) is 6.21. The average molecular weight is 311 g/mol. The number of carbonyl (C=O) groups excluding carboxylic acids is 1. The third-order valence-corrected chi connectivity index (χ3v) is 3.94. The van der Waals surface area contributed by atoms with Gasteiger partial charge in [0.2, 0.25) is 0 Å². The summed E-state index contributed by atoms with van der Waals surface area (Å²) in [6, 6.07) is 15.3. The molecule has 122 valence electrons. The third-order valence-electron chi connectivity index (χ3n) is 3.94. The zero-order valence-electron chi connectivity index (χ0n) is 14.1. The van der Waals surface area contributed by atoms with Crippen molar-refractivity contribution in [2.24, 2.45) is 0 Å². The minimum Gasteiger partial charge on any atom is -0.494 e. The molecule has 0 saturated heterocycles. The lowest BCUT2D eigenvalue weighted by Crippen LogP contribution is -2.11. The normalized spacial score (nSPS) is 11.8. The second-order valence-corrected chi connectivity index (χ2v) is 5.76. The van der Waals surface area contributed by atoms with Crippen LogP contribution in [0.2, 0.25) is 0 Å². The Bertz CT molecular complexity index is 617. The molecule has 0 spiro atoms. The second kappa shape index (κ2) is 8.37. The zero-order chi connectivity index (χ0) is 16.7. The first-order chi connectivity index (χ1) is 11.1. The molecular weight excluding hydrogens is 286 g/mol.